The molecule has 3 nitrogen and oxygen atoms in total. The molecule has 0 bridgehead atoms. The smallest absolute Gasteiger partial charge is 0.307 e. The molecule has 0 heterocycles. The lowest BCUT2D eigenvalue weighted by Gasteiger charge is -2.29. The van der Waals surface area contributed by atoms with Gasteiger partial charge in [0.2, 0.25) is 6.23 Å². The van der Waals surface area contributed by atoms with Crippen LogP contribution in [0.2, 0.25) is 0 Å². The minimum atomic E-state index is -0.222. The largest absolute Gasteiger partial charge is 0.413 e. The Morgan fingerprint density at radius 3 is 1.90 bits per heavy atom. The Labute approximate surface area is 62.2 Å². The predicted molar refractivity (Wildman–Crippen MR) is 39.3 cm³/mol. The van der Waals surface area contributed by atoms with Gasteiger partial charge in [0.1, 0.15) is 0 Å². The fourth-order valence-corrected chi connectivity index (χ4v) is 0.398. The molecule has 0 amide bonds. The maximum absolute atomic E-state index is 10.5. The van der Waals surface area contributed by atoms with Crippen LogP contribution in [-0.4, -0.2) is 37.8 Å². The van der Waals surface area contributed by atoms with Gasteiger partial charge in [-0.25, -0.2) is 0 Å². The number of rotatable bonds is 2. The van der Waals surface area contributed by atoms with Gasteiger partial charge in [-0.1, -0.05) is 0 Å². The third kappa shape index (κ3) is 3.45. The third-order valence-electron chi connectivity index (χ3n) is 1.43. The number of carbonyl (C=O) groups is 1. The van der Waals surface area contributed by atoms with Crippen LogP contribution in [-0.2, 0) is 9.53 Å². The maximum Gasteiger partial charge on any atom is 0.307 e. The molecule has 0 aliphatic carbocycles. The molecule has 3 heteroatoms. The fraction of sp³-hybridized carbons (Fsp3) is 0.857. The number of ether oxygens (including phenoxy) is 1. The van der Waals surface area contributed by atoms with Crippen molar-refractivity contribution in [3.8, 4) is 0 Å². The molecule has 10 heavy (non-hydrogen) atoms. The highest BCUT2D eigenvalue weighted by atomic mass is 16.6. The van der Waals surface area contributed by atoms with Gasteiger partial charge >= 0.3 is 5.97 Å². The summed E-state index contributed by atoms with van der Waals surface area (Å²) in [6, 6.07) is 0. The summed E-state index contributed by atoms with van der Waals surface area (Å²) in [7, 11) is 5.94. The Kier molecular flexibility index (Phi) is 2.84. The van der Waals surface area contributed by atoms with Crippen molar-refractivity contribution in [3.63, 3.8) is 0 Å². The number of carbonyl (C=O) groups excluding carboxylic acids is 1. The van der Waals surface area contributed by atoms with Gasteiger partial charge in [-0.3, -0.25) is 9.28 Å². The summed E-state index contributed by atoms with van der Waals surface area (Å²) >= 11 is 0. The SMILES string of the molecule is CC(=O)OC(C)[N+](C)(C)C. The van der Waals surface area contributed by atoms with Gasteiger partial charge in [0.15, 0.2) is 0 Å². The minimum Gasteiger partial charge on any atom is -0.413 e. The highest BCUT2D eigenvalue weighted by Gasteiger charge is 2.20. The molecule has 0 rings (SSSR count). The number of hydrogen-bond acceptors (Lipinski definition) is 2. The topological polar surface area (TPSA) is 26.3 Å². The van der Waals surface area contributed by atoms with Crippen LogP contribution in [0.5, 0.6) is 0 Å². The first-order valence-electron chi connectivity index (χ1n) is 3.32. The molecule has 0 aliphatic heterocycles. The standard InChI is InChI=1S/C7H16NO2/c1-6(8(3,4)5)10-7(2)9/h6H,1-5H3/q+1. The van der Waals surface area contributed by atoms with Gasteiger partial charge in [-0.15, -0.1) is 0 Å². The van der Waals surface area contributed by atoms with Crippen LogP contribution in [0.15, 0.2) is 0 Å². The van der Waals surface area contributed by atoms with Gasteiger partial charge < -0.3 is 4.74 Å². The van der Waals surface area contributed by atoms with Gasteiger partial charge in [0, 0.05) is 13.8 Å². The predicted octanol–water partition coefficient (Wildman–Crippen LogP) is 0.602. The molecule has 0 fully saturated rings. The molecular weight excluding hydrogens is 130 g/mol. The van der Waals surface area contributed by atoms with Crippen LogP contribution in [0.1, 0.15) is 13.8 Å². The first-order valence-corrected chi connectivity index (χ1v) is 3.32. The highest BCUT2D eigenvalue weighted by molar-refractivity contribution is 5.65. The molecule has 0 saturated heterocycles. The molecule has 0 spiro atoms. The van der Waals surface area contributed by atoms with Crippen molar-refractivity contribution in [3.05, 3.63) is 0 Å². The van der Waals surface area contributed by atoms with E-state index in [2.05, 4.69) is 0 Å². The summed E-state index contributed by atoms with van der Waals surface area (Å²) in [5, 5.41) is 0. The van der Waals surface area contributed by atoms with Crippen molar-refractivity contribution in [2.45, 2.75) is 20.1 Å². The van der Waals surface area contributed by atoms with Gasteiger partial charge in [-0.2, -0.15) is 0 Å². The van der Waals surface area contributed by atoms with Gasteiger partial charge in [0.25, 0.3) is 0 Å². The normalized spacial score (nSPS) is 14.5. The van der Waals surface area contributed by atoms with Crippen LogP contribution in [0.3, 0.4) is 0 Å². The average Bonchev–Trinajstić information content (AvgIpc) is 1.60. The molecule has 0 aliphatic rings. The van der Waals surface area contributed by atoms with Crippen molar-refractivity contribution in [1.29, 1.82) is 0 Å². The lowest BCUT2D eigenvalue weighted by molar-refractivity contribution is -0.914. The second kappa shape index (κ2) is 3.01. The minimum absolute atomic E-state index is 0.0718. The summed E-state index contributed by atoms with van der Waals surface area (Å²) in [5.41, 5.74) is 0. The zero-order chi connectivity index (χ0) is 8.36. The van der Waals surface area contributed by atoms with Crippen molar-refractivity contribution in [2.24, 2.45) is 0 Å². The van der Waals surface area contributed by atoms with E-state index in [1.165, 1.54) is 6.92 Å². The lowest BCUT2D eigenvalue weighted by Crippen LogP contribution is -2.45. The average molecular weight is 146 g/mol. The first kappa shape index (κ1) is 9.43. The number of esters is 1. The summed E-state index contributed by atoms with van der Waals surface area (Å²) in [6.45, 7) is 3.30. The first-order chi connectivity index (χ1) is 4.34. The molecule has 0 aromatic carbocycles. The molecule has 0 aromatic rings. The Morgan fingerprint density at radius 1 is 1.40 bits per heavy atom. The molecule has 1 unspecified atom stereocenters. The summed E-state index contributed by atoms with van der Waals surface area (Å²) in [4.78, 5) is 10.5. The summed E-state index contributed by atoms with van der Waals surface area (Å²) < 4.78 is 5.59. The van der Waals surface area contributed by atoms with Crippen LogP contribution < -0.4 is 0 Å². The lowest BCUT2D eigenvalue weighted by atomic mass is 10.5. The Balaban J connectivity index is 3.85. The Morgan fingerprint density at radius 2 is 1.80 bits per heavy atom. The molecule has 0 N–H and O–H groups in total. The number of nitrogens with zero attached hydrogens (tertiary/aromatic N) is 1. The summed E-state index contributed by atoms with van der Waals surface area (Å²) in [5.74, 6) is -0.222. The quantitative estimate of drug-likeness (QED) is 0.324. The van der Waals surface area contributed by atoms with E-state index in [0.29, 0.717) is 4.48 Å². The fourth-order valence-electron chi connectivity index (χ4n) is 0.398. The van der Waals surface area contributed by atoms with E-state index in [0.717, 1.165) is 0 Å². The number of hydrogen-bond donors (Lipinski definition) is 0. The van der Waals surface area contributed by atoms with E-state index in [9.17, 15) is 4.79 Å². The van der Waals surface area contributed by atoms with Gasteiger partial charge in [-0.05, 0) is 0 Å². The second-order valence-corrected chi connectivity index (χ2v) is 3.32. The molecule has 0 radical (unpaired) electrons. The van der Waals surface area contributed by atoms with Crippen LogP contribution in [0, 0.1) is 0 Å². The zero-order valence-electron chi connectivity index (χ0n) is 7.34. The van der Waals surface area contributed by atoms with Gasteiger partial charge in [0.05, 0.1) is 21.1 Å². The van der Waals surface area contributed by atoms with E-state index >= 15 is 0 Å². The van der Waals surface area contributed by atoms with Crippen LogP contribution in [0.25, 0.3) is 0 Å². The molecular formula is C7H16NO2+. The van der Waals surface area contributed by atoms with Crippen molar-refractivity contribution >= 4 is 5.97 Å². The van der Waals surface area contributed by atoms with E-state index in [1.54, 1.807) is 0 Å². The summed E-state index contributed by atoms with van der Waals surface area (Å²) in [6.07, 6.45) is -0.0718. The van der Waals surface area contributed by atoms with E-state index in [1.807, 2.05) is 28.1 Å². The van der Waals surface area contributed by atoms with Crippen LogP contribution in [0.4, 0.5) is 0 Å². The Hall–Kier alpha value is -0.570. The zero-order valence-corrected chi connectivity index (χ0v) is 7.34. The van der Waals surface area contributed by atoms with Crippen LogP contribution >= 0.6 is 0 Å². The van der Waals surface area contributed by atoms with Crippen molar-refractivity contribution in [1.82, 2.24) is 0 Å². The van der Waals surface area contributed by atoms with Crippen molar-refractivity contribution in [2.75, 3.05) is 21.1 Å². The molecule has 0 saturated carbocycles. The second-order valence-electron chi connectivity index (χ2n) is 3.32. The highest BCUT2D eigenvalue weighted by Crippen LogP contribution is 2.02. The van der Waals surface area contributed by atoms with E-state index < -0.39 is 0 Å². The molecule has 60 valence electrons. The number of quaternary nitrogens is 1. The van der Waals surface area contributed by atoms with E-state index in [4.69, 9.17) is 4.74 Å². The molecule has 1 atom stereocenters. The maximum atomic E-state index is 10.5. The molecule has 0 aromatic heterocycles. The monoisotopic (exact) mass is 146 g/mol. The van der Waals surface area contributed by atoms with E-state index in [-0.39, 0.29) is 12.2 Å². The third-order valence-corrected chi connectivity index (χ3v) is 1.43. The Bertz CT molecular complexity index is 126. The van der Waals surface area contributed by atoms with Crippen molar-refractivity contribution < 1.29 is 14.0 Å².